The number of benzene rings is 2. The largest absolute Gasteiger partial charge is 0.497 e. The molecule has 2 unspecified atom stereocenters. The molecule has 6 nitrogen and oxygen atoms in total. The third-order valence-corrected chi connectivity index (χ3v) is 5.12. The zero-order valence-electron chi connectivity index (χ0n) is 15.7. The SMILES string of the molecule is COc1ccc(C2CC(c3ccc(C)cc3)n3ncnc3N2C(C)=O)cc1. The molecule has 138 valence electrons. The maximum atomic E-state index is 12.5. The van der Waals surface area contributed by atoms with Crippen LogP contribution >= 0.6 is 0 Å². The van der Waals surface area contributed by atoms with Crippen molar-refractivity contribution >= 4 is 11.9 Å². The maximum absolute atomic E-state index is 12.5. The molecule has 0 spiro atoms. The number of carbonyl (C=O) groups excluding carboxylic acids is 1. The second-order valence-corrected chi connectivity index (χ2v) is 6.84. The van der Waals surface area contributed by atoms with Gasteiger partial charge in [0, 0.05) is 6.92 Å². The lowest BCUT2D eigenvalue weighted by molar-refractivity contribution is -0.117. The van der Waals surface area contributed by atoms with Gasteiger partial charge >= 0.3 is 0 Å². The number of aryl methyl sites for hydroxylation is 1. The van der Waals surface area contributed by atoms with Crippen molar-refractivity contribution in [3.8, 4) is 5.75 Å². The van der Waals surface area contributed by atoms with Gasteiger partial charge in [-0.2, -0.15) is 10.1 Å². The van der Waals surface area contributed by atoms with E-state index in [1.54, 1.807) is 18.9 Å². The predicted octanol–water partition coefficient (Wildman–Crippen LogP) is 3.68. The van der Waals surface area contributed by atoms with E-state index in [-0.39, 0.29) is 18.0 Å². The molecule has 0 saturated carbocycles. The molecule has 4 rings (SSSR count). The summed E-state index contributed by atoms with van der Waals surface area (Å²) in [5, 5.41) is 4.42. The average molecular weight is 362 g/mol. The Kier molecular flexibility index (Phi) is 4.39. The highest BCUT2D eigenvalue weighted by Gasteiger charge is 2.38. The van der Waals surface area contributed by atoms with Crippen molar-refractivity contribution in [2.75, 3.05) is 12.0 Å². The number of hydrogen-bond donors (Lipinski definition) is 0. The van der Waals surface area contributed by atoms with Gasteiger partial charge in [0.2, 0.25) is 11.9 Å². The molecule has 1 aromatic heterocycles. The molecule has 0 fully saturated rings. The molecule has 2 heterocycles. The van der Waals surface area contributed by atoms with Crippen molar-refractivity contribution in [3.05, 3.63) is 71.5 Å². The van der Waals surface area contributed by atoms with Crippen molar-refractivity contribution in [1.82, 2.24) is 14.8 Å². The van der Waals surface area contributed by atoms with Gasteiger partial charge in [-0.15, -0.1) is 0 Å². The van der Waals surface area contributed by atoms with Crippen LogP contribution in [0.3, 0.4) is 0 Å². The van der Waals surface area contributed by atoms with E-state index in [0.29, 0.717) is 5.95 Å². The predicted molar refractivity (Wildman–Crippen MR) is 103 cm³/mol. The summed E-state index contributed by atoms with van der Waals surface area (Å²) in [4.78, 5) is 18.6. The first-order valence-corrected chi connectivity index (χ1v) is 8.98. The molecule has 6 heteroatoms. The molecule has 1 aliphatic rings. The molecule has 1 amide bonds. The lowest BCUT2D eigenvalue weighted by Gasteiger charge is -2.38. The number of methoxy groups -OCH3 is 1. The first-order valence-electron chi connectivity index (χ1n) is 8.98. The summed E-state index contributed by atoms with van der Waals surface area (Å²) in [6, 6.07) is 16.2. The number of hydrogen-bond acceptors (Lipinski definition) is 4. The Hall–Kier alpha value is -3.15. The molecule has 0 aliphatic carbocycles. The minimum atomic E-state index is -0.114. The fourth-order valence-corrected chi connectivity index (χ4v) is 3.73. The lowest BCUT2D eigenvalue weighted by atomic mass is 9.91. The van der Waals surface area contributed by atoms with E-state index in [0.717, 1.165) is 23.3 Å². The number of ether oxygens (including phenoxy) is 1. The summed E-state index contributed by atoms with van der Waals surface area (Å²) in [7, 11) is 1.65. The van der Waals surface area contributed by atoms with Gasteiger partial charge in [-0.25, -0.2) is 4.68 Å². The topological polar surface area (TPSA) is 60.2 Å². The minimum absolute atomic E-state index is 0.0193. The Morgan fingerprint density at radius 3 is 2.30 bits per heavy atom. The van der Waals surface area contributed by atoms with Gasteiger partial charge in [0.05, 0.1) is 19.2 Å². The maximum Gasteiger partial charge on any atom is 0.231 e. The third kappa shape index (κ3) is 3.07. The van der Waals surface area contributed by atoms with Gasteiger partial charge in [0.25, 0.3) is 0 Å². The average Bonchev–Trinajstić information content (AvgIpc) is 3.17. The van der Waals surface area contributed by atoms with Crippen LogP contribution in [0, 0.1) is 6.92 Å². The van der Waals surface area contributed by atoms with E-state index < -0.39 is 0 Å². The Morgan fingerprint density at radius 1 is 1.04 bits per heavy atom. The van der Waals surface area contributed by atoms with E-state index in [4.69, 9.17) is 4.74 Å². The summed E-state index contributed by atoms with van der Waals surface area (Å²) >= 11 is 0. The van der Waals surface area contributed by atoms with Gasteiger partial charge in [-0.05, 0) is 36.6 Å². The minimum Gasteiger partial charge on any atom is -0.497 e. The number of aromatic nitrogens is 3. The fraction of sp³-hybridized carbons (Fsp3) is 0.286. The molecule has 0 radical (unpaired) electrons. The second kappa shape index (κ2) is 6.87. The Labute approximate surface area is 158 Å². The lowest BCUT2D eigenvalue weighted by Crippen LogP contribution is -2.41. The highest BCUT2D eigenvalue weighted by molar-refractivity contribution is 5.90. The smallest absolute Gasteiger partial charge is 0.231 e. The summed E-state index contributed by atoms with van der Waals surface area (Å²) in [6.07, 6.45) is 2.24. The number of amides is 1. The van der Waals surface area contributed by atoms with Crippen molar-refractivity contribution in [3.63, 3.8) is 0 Å². The zero-order chi connectivity index (χ0) is 19.0. The van der Waals surface area contributed by atoms with Gasteiger partial charge < -0.3 is 4.74 Å². The quantitative estimate of drug-likeness (QED) is 0.713. The van der Waals surface area contributed by atoms with Crippen LogP contribution in [0.2, 0.25) is 0 Å². The molecular formula is C21H22N4O2. The summed E-state index contributed by atoms with van der Waals surface area (Å²) < 4.78 is 7.12. The molecular weight excluding hydrogens is 340 g/mol. The zero-order valence-corrected chi connectivity index (χ0v) is 15.7. The summed E-state index contributed by atoms with van der Waals surface area (Å²) in [6.45, 7) is 3.64. The molecule has 2 aromatic carbocycles. The number of anilines is 1. The van der Waals surface area contributed by atoms with Crippen LogP contribution < -0.4 is 9.64 Å². The highest BCUT2D eigenvalue weighted by Crippen LogP contribution is 2.42. The number of nitrogens with zero attached hydrogens (tertiary/aromatic N) is 4. The van der Waals surface area contributed by atoms with Crippen LogP contribution in [-0.4, -0.2) is 27.8 Å². The Balaban J connectivity index is 1.80. The van der Waals surface area contributed by atoms with Gasteiger partial charge in [-0.3, -0.25) is 9.69 Å². The molecule has 3 aromatic rings. The monoisotopic (exact) mass is 362 g/mol. The van der Waals surface area contributed by atoms with Crippen molar-refractivity contribution < 1.29 is 9.53 Å². The van der Waals surface area contributed by atoms with Crippen LogP contribution in [0.5, 0.6) is 5.75 Å². The van der Waals surface area contributed by atoms with Crippen LogP contribution in [0.4, 0.5) is 5.95 Å². The Bertz CT molecular complexity index is 947. The van der Waals surface area contributed by atoms with E-state index in [1.165, 1.54) is 11.9 Å². The number of rotatable bonds is 3. The number of carbonyl (C=O) groups is 1. The normalized spacial score (nSPS) is 18.9. The highest BCUT2D eigenvalue weighted by atomic mass is 16.5. The second-order valence-electron chi connectivity index (χ2n) is 6.84. The first-order chi connectivity index (χ1) is 13.1. The Morgan fingerprint density at radius 2 is 1.67 bits per heavy atom. The van der Waals surface area contributed by atoms with Crippen LogP contribution in [0.15, 0.2) is 54.9 Å². The van der Waals surface area contributed by atoms with E-state index in [2.05, 4.69) is 41.3 Å². The third-order valence-electron chi connectivity index (χ3n) is 5.12. The number of fused-ring (bicyclic) bond motifs is 1. The van der Waals surface area contributed by atoms with E-state index >= 15 is 0 Å². The van der Waals surface area contributed by atoms with Gasteiger partial charge in [0.1, 0.15) is 12.1 Å². The summed E-state index contributed by atoms with van der Waals surface area (Å²) in [5.41, 5.74) is 3.43. The van der Waals surface area contributed by atoms with E-state index in [9.17, 15) is 4.79 Å². The fourth-order valence-electron chi connectivity index (χ4n) is 3.73. The van der Waals surface area contributed by atoms with Crippen molar-refractivity contribution in [2.45, 2.75) is 32.4 Å². The van der Waals surface area contributed by atoms with Crippen molar-refractivity contribution in [2.24, 2.45) is 0 Å². The molecule has 1 aliphatic heterocycles. The molecule has 0 N–H and O–H groups in total. The molecule has 27 heavy (non-hydrogen) atoms. The first kappa shape index (κ1) is 17.3. The van der Waals surface area contributed by atoms with Crippen LogP contribution in [0.25, 0.3) is 0 Å². The molecule has 0 bridgehead atoms. The van der Waals surface area contributed by atoms with Crippen LogP contribution in [-0.2, 0) is 4.79 Å². The van der Waals surface area contributed by atoms with Crippen LogP contribution in [0.1, 0.15) is 42.1 Å². The van der Waals surface area contributed by atoms with Gasteiger partial charge in [-0.1, -0.05) is 42.0 Å². The molecule has 0 saturated heterocycles. The molecule has 2 atom stereocenters. The van der Waals surface area contributed by atoms with Crippen molar-refractivity contribution in [1.29, 1.82) is 0 Å². The van der Waals surface area contributed by atoms with Gasteiger partial charge in [0.15, 0.2) is 0 Å². The van der Waals surface area contributed by atoms with E-state index in [1.807, 2.05) is 28.9 Å². The summed E-state index contributed by atoms with van der Waals surface area (Å²) in [5.74, 6) is 1.33. The standard InChI is InChI=1S/C21H22N4O2/c1-14-4-6-17(7-5-14)20-12-19(16-8-10-18(27-3)11-9-16)24(15(2)26)21-22-13-23-25(20)21/h4-11,13,19-20H,12H2,1-3H3.